The molecule has 1 aromatic rings. The lowest BCUT2D eigenvalue weighted by Gasteiger charge is -2.07. The Balaban J connectivity index is 2.49. The average molecular weight is 259 g/mol. The van der Waals surface area contributed by atoms with Crippen LogP contribution in [0.4, 0.5) is 5.82 Å². The summed E-state index contributed by atoms with van der Waals surface area (Å²) in [6.45, 7) is 3.98. The van der Waals surface area contributed by atoms with Crippen molar-refractivity contribution in [2.75, 3.05) is 25.1 Å². The van der Waals surface area contributed by atoms with Gasteiger partial charge in [0.15, 0.2) is 0 Å². The molecular formula is C11H15ClN2O3. The zero-order chi connectivity index (χ0) is 12.7. The molecular weight excluding hydrogens is 244 g/mol. The van der Waals surface area contributed by atoms with Gasteiger partial charge < -0.3 is 15.2 Å². The molecule has 94 valence electrons. The van der Waals surface area contributed by atoms with Crippen LogP contribution in [-0.2, 0) is 4.74 Å². The summed E-state index contributed by atoms with van der Waals surface area (Å²) in [6, 6.07) is 1.42. The van der Waals surface area contributed by atoms with E-state index < -0.39 is 5.97 Å². The molecule has 0 saturated carbocycles. The fourth-order valence-corrected chi connectivity index (χ4v) is 1.42. The van der Waals surface area contributed by atoms with Crippen molar-refractivity contribution in [3.63, 3.8) is 0 Å². The number of rotatable bonds is 7. The van der Waals surface area contributed by atoms with Crippen molar-refractivity contribution in [2.45, 2.75) is 13.3 Å². The number of hydrogen-bond donors (Lipinski definition) is 2. The summed E-state index contributed by atoms with van der Waals surface area (Å²) in [5.74, 6) is -0.557. The van der Waals surface area contributed by atoms with Gasteiger partial charge in [0.1, 0.15) is 5.82 Å². The van der Waals surface area contributed by atoms with E-state index in [0.29, 0.717) is 25.6 Å². The normalized spacial score (nSPS) is 10.2. The topological polar surface area (TPSA) is 71.5 Å². The van der Waals surface area contributed by atoms with Crippen LogP contribution in [0, 0.1) is 0 Å². The number of hydrogen-bond acceptors (Lipinski definition) is 4. The summed E-state index contributed by atoms with van der Waals surface area (Å²) in [6.07, 6.45) is 2.16. The molecule has 1 rings (SSSR count). The van der Waals surface area contributed by atoms with Gasteiger partial charge in [0.2, 0.25) is 0 Å². The van der Waals surface area contributed by atoms with Crippen molar-refractivity contribution in [3.8, 4) is 0 Å². The Morgan fingerprint density at radius 3 is 3.06 bits per heavy atom. The van der Waals surface area contributed by atoms with Crippen LogP contribution in [0.2, 0.25) is 5.02 Å². The molecule has 6 heteroatoms. The number of nitrogens with zero attached hydrogens (tertiary/aromatic N) is 1. The standard InChI is InChI=1S/C11H15ClN2O3/c1-2-17-5-3-4-13-10-6-8(11(15)16)9(12)7-14-10/h6-7H,2-5H2,1H3,(H,13,14)(H,15,16). The van der Waals surface area contributed by atoms with E-state index in [1.54, 1.807) is 0 Å². The van der Waals surface area contributed by atoms with E-state index >= 15 is 0 Å². The molecule has 0 spiro atoms. The van der Waals surface area contributed by atoms with Crippen molar-refractivity contribution in [1.82, 2.24) is 4.98 Å². The van der Waals surface area contributed by atoms with Gasteiger partial charge in [0.25, 0.3) is 0 Å². The van der Waals surface area contributed by atoms with Gasteiger partial charge in [-0.15, -0.1) is 0 Å². The second-order valence-electron chi connectivity index (χ2n) is 3.33. The number of halogens is 1. The number of pyridine rings is 1. The Bertz CT molecular complexity index is 385. The molecule has 0 aromatic carbocycles. The molecule has 0 atom stereocenters. The number of carboxylic acids is 1. The summed E-state index contributed by atoms with van der Waals surface area (Å²) in [5, 5.41) is 12.0. The maximum Gasteiger partial charge on any atom is 0.337 e. The molecule has 2 N–H and O–H groups in total. The van der Waals surface area contributed by atoms with Crippen LogP contribution in [0.25, 0.3) is 0 Å². The molecule has 0 saturated heterocycles. The van der Waals surface area contributed by atoms with Gasteiger partial charge in [-0.3, -0.25) is 0 Å². The summed E-state index contributed by atoms with van der Waals surface area (Å²) >= 11 is 5.70. The van der Waals surface area contributed by atoms with Crippen molar-refractivity contribution in [1.29, 1.82) is 0 Å². The SMILES string of the molecule is CCOCCCNc1cc(C(=O)O)c(Cl)cn1. The van der Waals surface area contributed by atoms with Crippen molar-refractivity contribution >= 4 is 23.4 Å². The molecule has 0 bridgehead atoms. The van der Waals surface area contributed by atoms with Crippen molar-refractivity contribution in [3.05, 3.63) is 22.8 Å². The Kier molecular flexibility index (Phi) is 5.72. The molecule has 1 heterocycles. The second kappa shape index (κ2) is 7.09. The lowest BCUT2D eigenvalue weighted by molar-refractivity contribution is 0.0697. The van der Waals surface area contributed by atoms with E-state index in [9.17, 15) is 4.79 Å². The summed E-state index contributed by atoms with van der Waals surface area (Å²) in [7, 11) is 0. The molecule has 0 amide bonds. The Hall–Kier alpha value is -1.33. The van der Waals surface area contributed by atoms with Gasteiger partial charge in [-0.2, -0.15) is 0 Å². The lowest BCUT2D eigenvalue weighted by atomic mass is 10.2. The highest BCUT2D eigenvalue weighted by Gasteiger charge is 2.09. The summed E-state index contributed by atoms with van der Waals surface area (Å²) in [4.78, 5) is 14.8. The fraction of sp³-hybridized carbons (Fsp3) is 0.455. The van der Waals surface area contributed by atoms with E-state index in [2.05, 4.69) is 10.3 Å². The smallest absolute Gasteiger partial charge is 0.337 e. The molecule has 0 aliphatic rings. The average Bonchev–Trinajstić information content (AvgIpc) is 2.30. The van der Waals surface area contributed by atoms with E-state index in [-0.39, 0.29) is 10.6 Å². The largest absolute Gasteiger partial charge is 0.478 e. The van der Waals surface area contributed by atoms with Gasteiger partial charge in [0.05, 0.1) is 10.6 Å². The first-order valence-electron chi connectivity index (χ1n) is 5.35. The highest BCUT2D eigenvalue weighted by Crippen LogP contribution is 2.17. The van der Waals surface area contributed by atoms with E-state index in [4.69, 9.17) is 21.4 Å². The van der Waals surface area contributed by atoms with Crippen LogP contribution in [0.1, 0.15) is 23.7 Å². The van der Waals surface area contributed by atoms with Crippen LogP contribution in [-0.4, -0.2) is 35.8 Å². The van der Waals surface area contributed by atoms with Gasteiger partial charge in [-0.05, 0) is 19.4 Å². The van der Waals surface area contributed by atoms with Gasteiger partial charge in [0, 0.05) is 26.0 Å². The third-order valence-electron chi connectivity index (χ3n) is 2.06. The highest BCUT2D eigenvalue weighted by atomic mass is 35.5. The lowest BCUT2D eigenvalue weighted by Crippen LogP contribution is -2.08. The maximum absolute atomic E-state index is 10.8. The minimum atomic E-state index is -1.06. The number of aromatic nitrogens is 1. The zero-order valence-corrected chi connectivity index (χ0v) is 10.3. The molecule has 1 aromatic heterocycles. The van der Waals surface area contributed by atoms with Gasteiger partial charge in [-0.25, -0.2) is 9.78 Å². The predicted molar refractivity (Wildman–Crippen MR) is 65.8 cm³/mol. The zero-order valence-electron chi connectivity index (χ0n) is 9.57. The van der Waals surface area contributed by atoms with Gasteiger partial charge in [-0.1, -0.05) is 11.6 Å². The van der Waals surface area contributed by atoms with Crippen LogP contribution in [0.3, 0.4) is 0 Å². The van der Waals surface area contributed by atoms with Crippen molar-refractivity contribution in [2.24, 2.45) is 0 Å². The molecule has 17 heavy (non-hydrogen) atoms. The maximum atomic E-state index is 10.8. The molecule has 0 aliphatic carbocycles. The summed E-state index contributed by atoms with van der Waals surface area (Å²) in [5.41, 5.74) is 0.0500. The number of aromatic carboxylic acids is 1. The van der Waals surface area contributed by atoms with E-state index in [1.807, 2.05) is 6.92 Å². The molecule has 0 fully saturated rings. The Morgan fingerprint density at radius 1 is 1.65 bits per heavy atom. The second-order valence-corrected chi connectivity index (χ2v) is 3.74. The van der Waals surface area contributed by atoms with Crippen molar-refractivity contribution < 1.29 is 14.6 Å². The Morgan fingerprint density at radius 2 is 2.41 bits per heavy atom. The number of carbonyl (C=O) groups is 1. The molecule has 0 aliphatic heterocycles. The molecule has 0 radical (unpaired) electrons. The van der Waals surface area contributed by atoms with Crippen LogP contribution in [0.15, 0.2) is 12.3 Å². The predicted octanol–water partition coefficient (Wildman–Crippen LogP) is 2.27. The third-order valence-corrected chi connectivity index (χ3v) is 2.36. The fourth-order valence-electron chi connectivity index (χ4n) is 1.23. The number of anilines is 1. The van der Waals surface area contributed by atoms with E-state index in [1.165, 1.54) is 12.3 Å². The minimum absolute atomic E-state index is 0.0500. The first-order chi connectivity index (χ1) is 8.15. The molecule has 0 unspecified atom stereocenters. The molecule has 5 nitrogen and oxygen atoms in total. The number of carboxylic acid groups (broad SMARTS) is 1. The quantitative estimate of drug-likeness (QED) is 0.734. The number of ether oxygens (including phenoxy) is 1. The van der Waals surface area contributed by atoms with E-state index in [0.717, 1.165) is 6.42 Å². The highest BCUT2D eigenvalue weighted by molar-refractivity contribution is 6.33. The first-order valence-corrected chi connectivity index (χ1v) is 5.73. The van der Waals surface area contributed by atoms with Gasteiger partial charge >= 0.3 is 5.97 Å². The monoisotopic (exact) mass is 258 g/mol. The van der Waals surface area contributed by atoms with Crippen LogP contribution >= 0.6 is 11.6 Å². The third kappa shape index (κ3) is 4.58. The van der Waals surface area contributed by atoms with Crippen LogP contribution < -0.4 is 5.32 Å². The Labute approximate surface area is 105 Å². The minimum Gasteiger partial charge on any atom is -0.478 e. The first kappa shape index (κ1) is 13.7. The summed E-state index contributed by atoms with van der Waals surface area (Å²) < 4.78 is 5.18. The number of nitrogens with one attached hydrogen (secondary N) is 1. The van der Waals surface area contributed by atoms with Crippen LogP contribution in [0.5, 0.6) is 0 Å².